The van der Waals surface area contributed by atoms with Crippen molar-refractivity contribution in [2.45, 2.75) is 26.8 Å². The van der Waals surface area contributed by atoms with E-state index in [4.69, 9.17) is 15.2 Å². The second-order valence-corrected chi connectivity index (χ2v) is 5.87. The normalized spacial score (nSPS) is 13.3. The standard InChI is InChI=1S/C19H23N3O3/c1-3-24-16-9-13-6-8-22(12-15(13)10-17(16)25-4-2)18-11-14(19(20)23)5-7-21-18/h5,7,9-11H,3-4,6,8,12H2,1-2H3,(H2,20,23). The van der Waals surface area contributed by atoms with E-state index in [0.717, 1.165) is 30.3 Å². The maximum absolute atomic E-state index is 11.4. The van der Waals surface area contributed by atoms with Crippen molar-refractivity contribution in [1.82, 2.24) is 4.98 Å². The molecule has 1 aromatic heterocycles. The highest BCUT2D eigenvalue weighted by atomic mass is 16.5. The number of carbonyl (C=O) groups excluding carboxylic acids is 1. The Morgan fingerprint density at radius 1 is 1.16 bits per heavy atom. The molecule has 0 aliphatic carbocycles. The monoisotopic (exact) mass is 341 g/mol. The molecule has 0 bridgehead atoms. The predicted molar refractivity (Wildman–Crippen MR) is 96.3 cm³/mol. The molecule has 1 aliphatic heterocycles. The molecule has 0 spiro atoms. The van der Waals surface area contributed by atoms with E-state index in [1.165, 1.54) is 11.1 Å². The maximum Gasteiger partial charge on any atom is 0.248 e. The topological polar surface area (TPSA) is 77.7 Å². The van der Waals surface area contributed by atoms with Gasteiger partial charge in [-0.3, -0.25) is 4.79 Å². The Balaban J connectivity index is 1.88. The van der Waals surface area contributed by atoms with Crippen molar-refractivity contribution in [2.24, 2.45) is 5.73 Å². The Bertz CT molecular complexity index is 777. The van der Waals surface area contributed by atoms with Gasteiger partial charge in [-0.05, 0) is 55.7 Å². The number of hydrogen-bond acceptors (Lipinski definition) is 5. The summed E-state index contributed by atoms with van der Waals surface area (Å²) in [5, 5.41) is 0. The lowest BCUT2D eigenvalue weighted by atomic mass is 9.98. The summed E-state index contributed by atoms with van der Waals surface area (Å²) >= 11 is 0. The number of benzene rings is 1. The summed E-state index contributed by atoms with van der Waals surface area (Å²) in [5.74, 6) is 1.88. The van der Waals surface area contributed by atoms with Crippen LogP contribution >= 0.6 is 0 Å². The minimum absolute atomic E-state index is 0.443. The number of rotatable bonds is 6. The van der Waals surface area contributed by atoms with Crippen LogP contribution in [0.15, 0.2) is 30.5 Å². The molecule has 1 amide bonds. The molecule has 3 rings (SSSR count). The van der Waals surface area contributed by atoms with Crippen LogP contribution in [0.2, 0.25) is 0 Å². The molecular formula is C19H23N3O3. The fourth-order valence-corrected chi connectivity index (χ4v) is 3.04. The van der Waals surface area contributed by atoms with Gasteiger partial charge in [-0.1, -0.05) is 0 Å². The lowest BCUT2D eigenvalue weighted by Crippen LogP contribution is -2.31. The van der Waals surface area contributed by atoms with Gasteiger partial charge in [0.1, 0.15) is 5.82 Å². The van der Waals surface area contributed by atoms with Gasteiger partial charge in [0, 0.05) is 24.8 Å². The molecule has 25 heavy (non-hydrogen) atoms. The van der Waals surface area contributed by atoms with Crippen molar-refractivity contribution in [2.75, 3.05) is 24.7 Å². The van der Waals surface area contributed by atoms with E-state index < -0.39 is 5.91 Å². The highest BCUT2D eigenvalue weighted by Crippen LogP contribution is 2.34. The van der Waals surface area contributed by atoms with Gasteiger partial charge in [-0.25, -0.2) is 4.98 Å². The zero-order valence-corrected chi connectivity index (χ0v) is 14.6. The minimum Gasteiger partial charge on any atom is -0.490 e. The highest BCUT2D eigenvalue weighted by molar-refractivity contribution is 5.93. The number of fused-ring (bicyclic) bond motifs is 1. The molecule has 6 heteroatoms. The van der Waals surface area contributed by atoms with Crippen LogP contribution in [-0.4, -0.2) is 30.6 Å². The van der Waals surface area contributed by atoms with Gasteiger partial charge in [0.25, 0.3) is 0 Å². The number of carbonyl (C=O) groups is 1. The number of primary amides is 1. The molecule has 0 saturated heterocycles. The van der Waals surface area contributed by atoms with Crippen LogP contribution in [-0.2, 0) is 13.0 Å². The molecule has 2 aromatic rings. The second-order valence-electron chi connectivity index (χ2n) is 5.87. The summed E-state index contributed by atoms with van der Waals surface area (Å²) in [6.07, 6.45) is 2.50. The van der Waals surface area contributed by atoms with Crippen LogP contribution in [0.3, 0.4) is 0 Å². The lowest BCUT2D eigenvalue weighted by molar-refractivity contribution is 0.1000. The maximum atomic E-state index is 11.4. The number of anilines is 1. The summed E-state index contributed by atoms with van der Waals surface area (Å²) < 4.78 is 11.4. The Kier molecular flexibility index (Phi) is 5.07. The number of hydrogen-bond donors (Lipinski definition) is 1. The van der Waals surface area contributed by atoms with Gasteiger partial charge in [-0.2, -0.15) is 0 Å². The molecule has 0 atom stereocenters. The molecule has 0 saturated carbocycles. The Labute approximate surface area is 147 Å². The van der Waals surface area contributed by atoms with Gasteiger partial charge in [-0.15, -0.1) is 0 Å². The molecule has 0 radical (unpaired) electrons. The van der Waals surface area contributed by atoms with Crippen molar-refractivity contribution in [3.05, 3.63) is 47.2 Å². The second kappa shape index (κ2) is 7.42. The van der Waals surface area contributed by atoms with Crippen LogP contribution < -0.4 is 20.1 Å². The van der Waals surface area contributed by atoms with E-state index in [0.29, 0.717) is 25.3 Å². The smallest absolute Gasteiger partial charge is 0.248 e. The molecule has 1 aliphatic rings. The third kappa shape index (κ3) is 3.68. The van der Waals surface area contributed by atoms with Gasteiger partial charge in [0.2, 0.25) is 5.91 Å². The fraction of sp³-hybridized carbons (Fsp3) is 0.368. The van der Waals surface area contributed by atoms with Gasteiger partial charge < -0.3 is 20.1 Å². The summed E-state index contributed by atoms with van der Waals surface area (Å²) in [6, 6.07) is 7.50. The number of pyridine rings is 1. The molecule has 1 aromatic carbocycles. The molecule has 2 N–H and O–H groups in total. The number of ether oxygens (including phenoxy) is 2. The van der Waals surface area contributed by atoms with Crippen molar-refractivity contribution < 1.29 is 14.3 Å². The van der Waals surface area contributed by atoms with Gasteiger partial charge in [0.05, 0.1) is 13.2 Å². The average Bonchev–Trinajstić information content (AvgIpc) is 2.62. The lowest BCUT2D eigenvalue weighted by Gasteiger charge is -2.30. The first kappa shape index (κ1) is 17.1. The molecule has 0 unspecified atom stereocenters. The van der Waals surface area contributed by atoms with E-state index in [1.54, 1.807) is 18.3 Å². The Morgan fingerprint density at radius 3 is 2.48 bits per heavy atom. The first-order valence-electron chi connectivity index (χ1n) is 8.54. The SMILES string of the molecule is CCOc1cc2c(cc1OCC)CN(c1cc(C(N)=O)ccn1)CC2. The van der Waals surface area contributed by atoms with Gasteiger partial charge >= 0.3 is 0 Å². The Hall–Kier alpha value is -2.76. The quantitative estimate of drug-likeness (QED) is 0.873. The van der Waals surface area contributed by atoms with Crippen LogP contribution in [0.25, 0.3) is 0 Å². The largest absolute Gasteiger partial charge is 0.490 e. The summed E-state index contributed by atoms with van der Waals surface area (Å²) in [4.78, 5) is 17.9. The minimum atomic E-state index is -0.443. The average molecular weight is 341 g/mol. The number of nitrogens with two attached hydrogens (primary N) is 1. The predicted octanol–water partition coefficient (Wildman–Crippen LogP) is 2.54. The van der Waals surface area contributed by atoms with Crippen molar-refractivity contribution in [3.63, 3.8) is 0 Å². The Morgan fingerprint density at radius 2 is 1.84 bits per heavy atom. The molecule has 2 heterocycles. The third-order valence-corrected chi connectivity index (χ3v) is 4.23. The summed E-state index contributed by atoms with van der Waals surface area (Å²) in [7, 11) is 0. The molecular weight excluding hydrogens is 318 g/mol. The van der Waals surface area contributed by atoms with E-state index in [-0.39, 0.29) is 0 Å². The molecule has 132 valence electrons. The summed E-state index contributed by atoms with van der Waals surface area (Å²) in [5.41, 5.74) is 8.28. The first-order valence-corrected chi connectivity index (χ1v) is 8.54. The van der Waals surface area contributed by atoms with Crippen molar-refractivity contribution in [1.29, 1.82) is 0 Å². The highest BCUT2D eigenvalue weighted by Gasteiger charge is 2.21. The summed E-state index contributed by atoms with van der Waals surface area (Å²) in [6.45, 7) is 6.65. The van der Waals surface area contributed by atoms with Gasteiger partial charge in [0.15, 0.2) is 11.5 Å². The zero-order chi connectivity index (χ0) is 17.8. The van der Waals surface area contributed by atoms with E-state index in [9.17, 15) is 4.79 Å². The van der Waals surface area contributed by atoms with E-state index in [2.05, 4.69) is 16.0 Å². The number of aromatic nitrogens is 1. The number of nitrogens with zero attached hydrogens (tertiary/aromatic N) is 2. The van der Waals surface area contributed by atoms with Crippen LogP contribution in [0.5, 0.6) is 11.5 Å². The van der Waals surface area contributed by atoms with Crippen LogP contribution in [0.1, 0.15) is 35.3 Å². The van der Waals surface area contributed by atoms with Crippen LogP contribution in [0.4, 0.5) is 5.82 Å². The molecule has 6 nitrogen and oxygen atoms in total. The number of amides is 1. The van der Waals surface area contributed by atoms with Crippen molar-refractivity contribution in [3.8, 4) is 11.5 Å². The van der Waals surface area contributed by atoms with Crippen LogP contribution in [0, 0.1) is 0 Å². The third-order valence-electron chi connectivity index (χ3n) is 4.23. The van der Waals surface area contributed by atoms with E-state index in [1.807, 2.05) is 19.9 Å². The molecule has 0 fully saturated rings. The zero-order valence-electron chi connectivity index (χ0n) is 14.6. The van der Waals surface area contributed by atoms with E-state index >= 15 is 0 Å². The first-order chi connectivity index (χ1) is 12.1. The van der Waals surface area contributed by atoms with Crippen molar-refractivity contribution >= 4 is 11.7 Å². The fourth-order valence-electron chi connectivity index (χ4n) is 3.04.